The molecule has 1 aliphatic carbocycles. The summed E-state index contributed by atoms with van der Waals surface area (Å²) in [6.07, 6.45) is -1.39. The van der Waals surface area contributed by atoms with Crippen LogP contribution in [0.3, 0.4) is 0 Å². The van der Waals surface area contributed by atoms with Crippen LogP contribution in [0.4, 0.5) is 17.6 Å². The number of rotatable bonds is 6. The van der Waals surface area contributed by atoms with E-state index in [2.05, 4.69) is 33.0 Å². The molecule has 1 aliphatic heterocycles. The maximum atomic E-state index is 14.9. The lowest BCUT2D eigenvalue weighted by Gasteiger charge is -2.44. The smallest absolute Gasteiger partial charge is 0.348 e. The number of hydrogen-bond donors (Lipinski definition) is 1. The highest BCUT2D eigenvalue weighted by Gasteiger charge is 2.50. The average Bonchev–Trinajstić information content (AvgIpc) is 3.13. The van der Waals surface area contributed by atoms with Crippen LogP contribution in [0.15, 0.2) is 47.5 Å². The molecule has 0 aromatic heterocycles. The minimum absolute atomic E-state index is 0.0139. The summed E-state index contributed by atoms with van der Waals surface area (Å²) in [5.74, 6) is -1.35. The zero-order valence-electron chi connectivity index (χ0n) is 22.5. The van der Waals surface area contributed by atoms with Gasteiger partial charge in [0.15, 0.2) is 0 Å². The summed E-state index contributed by atoms with van der Waals surface area (Å²) in [5.41, 5.74) is -1.26. The molecule has 2 aromatic carbocycles. The molecule has 0 unspecified atom stereocenters. The van der Waals surface area contributed by atoms with Gasteiger partial charge in [-0.3, -0.25) is 14.6 Å². The van der Waals surface area contributed by atoms with Crippen LogP contribution in [-0.4, -0.2) is 34.6 Å². The van der Waals surface area contributed by atoms with E-state index in [4.69, 9.17) is 4.99 Å². The van der Waals surface area contributed by atoms with Gasteiger partial charge in [0.25, 0.3) is 11.8 Å². The molecule has 5 nitrogen and oxygen atoms in total. The number of alkyl halides is 3. The second-order valence-corrected chi connectivity index (χ2v) is 11.5. The third-order valence-corrected chi connectivity index (χ3v) is 7.83. The predicted octanol–water partition coefficient (Wildman–Crippen LogP) is 6.56. The van der Waals surface area contributed by atoms with Gasteiger partial charge in [-0.1, -0.05) is 39.0 Å². The summed E-state index contributed by atoms with van der Waals surface area (Å²) in [6, 6.07) is 8.84. The van der Waals surface area contributed by atoms with Gasteiger partial charge in [-0.2, -0.15) is 13.2 Å². The highest BCUT2D eigenvalue weighted by molar-refractivity contribution is 6.46. The Morgan fingerprint density at radius 2 is 1.82 bits per heavy atom. The molecule has 1 spiro atoms. The molecule has 9 heteroatoms. The van der Waals surface area contributed by atoms with E-state index in [1.54, 1.807) is 11.0 Å². The standard InChI is InChI=1S/C30H33F4N3O2/c1-5-15-35-26(38)23-10-9-19(16-24(23)31)18-37-27(39)25(20-7-6-8-22(17-20)30(32,33)34)36-29(37)13-11-21(12-14-29)28(2,3)4/h6-10,16-17,21H,1,5,11-15,18H2,2-4H3/p+1. The van der Waals surface area contributed by atoms with Crippen LogP contribution in [0.25, 0.3) is 0 Å². The number of aliphatic imine (C=N–C) groups is 1. The number of carbonyl (C=O) groups is 2. The molecule has 1 N–H and O–H groups in total. The Morgan fingerprint density at radius 1 is 1.13 bits per heavy atom. The zero-order valence-corrected chi connectivity index (χ0v) is 22.5. The van der Waals surface area contributed by atoms with Gasteiger partial charge in [-0.15, -0.1) is 0 Å². The monoisotopic (exact) mass is 544 g/mol. The summed E-state index contributed by atoms with van der Waals surface area (Å²) in [6.45, 7) is 10.5. The van der Waals surface area contributed by atoms with E-state index in [-0.39, 0.29) is 28.8 Å². The third-order valence-electron chi connectivity index (χ3n) is 7.83. The normalized spacial score (nSPS) is 21.8. The summed E-state index contributed by atoms with van der Waals surface area (Å²) >= 11 is 0. The van der Waals surface area contributed by atoms with Crippen molar-refractivity contribution >= 4 is 17.5 Å². The van der Waals surface area contributed by atoms with E-state index in [9.17, 15) is 27.2 Å². The first-order valence-corrected chi connectivity index (χ1v) is 13.2. The van der Waals surface area contributed by atoms with Crippen LogP contribution in [0.1, 0.15) is 79.9 Å². The number of carbonyl (C=O) groups excluding carboxylic acids is 2. The lowest BCUT2D eigenvalue weighted by Crippen LogP contribution is -2.49. The first-order valence-electron chi connectivity index (χ1n) is 13.2. The maximum Gasteiger partial charge on any atom is 0.416 e. The molecule has 2 aromatic rings. The van der Waals surface area contributed by atoms with Crippen LogP contribution in [0.5, 0.6) is 0 Å². The Bertz CT molecular complexity index is 1270. The SMILES string of the molecule is [CH2+]CCNC(=O)c1ccc(CN2C(=O)C(c3cccc(C(F)(F)F)c3)=NC23CCC(C(C)(C)C)CC3)cc1F. The first-order chi connectivity index (χ1) is 18.2. The molecule has 1 saturated carbocycles. The highest BCUT2D eigenvalue weighted by Crippen LogP contribution is 2.47. The van der Waals surface area contributed by atoms with E-state index in [0.717, 1.165) is 25.0 Å². The van der Waals surface area contributed by atoms with Crippen LogP contribution in [0, 0.1) is 24.1 Å². The lowest BCUT2D eigenvalue weighted by molar-refractivity contribution is -0.137. The Labute approximate surface area is 226 Å². The molecule has 2 amide bonds. The molecule has 1 heterocycles. The van der Waals surface area contributed by atoms with Gasteiger partial charge in [0.05, 0.1) is 24.6 Å². The molecule has 4 rings (SSSR count). The van der Waals surface area contributed by atoms with Crippen LogP contribution >= 0.6 is 0 Å². The lowest BCUT2D eigenvalue weighted by atomic mass is 9.69. The van der Waals surface area contributed by atoms with Crippen molar-refractivity contribution in [3.63, 3.8) is 0 Å². The molecular weight excluding hydrogens is 510 g/mol. The third kappa shape index (κ3) is 5.97. The molecule has 208 valence electrons. The number of benzene rings is 2. The van der Waals surface area contributed by atoms with Crippen molar-refractivity contribution in [2.45, 2.75) is 71.3 Å². The molecule has 1 fully saturated rings. The molecule has 0 atom stereocenters. The van der Waals surface area contributed by atoms with Gasteiger partial charge in [0, 0.05) is 12.1 Å². The number of halogens is 4. The molecule has 39 heavy (non-hydrogen) atoms. The highest BCUT2D eigenvalue weighted by atomic mass is 19.4. The van der Waals surface area contributed by atoms with Crippen molar-refractivity contribution in [1.29, 1.82) is 0 Å². The Hall–Kier alpha value is -3.36. The van der Waals surface area contributed by atoms with Crippen molar-refractivity contribution in [3.8, 4) is 0 Å². The quantitative estimate of drug-likeness (QED) is 0.331. The summed E-state index contributed by atoms with van der Waals surface area (Å²) < 4.78 is 55.1. The van der Waals surface area contributed by atoms with Gasteiger partial charge >= 0.3 is 6.18 Å². The fraction of sp³-hybridized carbons (Fsp3) is 0.467. The van der Waals surface area contributed by atoms with E-state index in [1.807, 2.05) is 0 Å². The number of amides is 2. The van der Waals surface area contributed by atoms with Crippen molar-refractivity contribution < 1.29 is 27.2 Å². The fourth-order valence-electron chi connectivity index (χ4n) is 5.53. The van der Waals surface area contributed by atoms with Crippen molar-refractivity contribution in [1.82, 2.24) is 10.2 Å². The Morgan fingerprint density at radius 3 is 2.41 bits per heavy atom. The van der Waals surface area contributed by atoms with Crippen LogP contribution < -0.4 is 5.32 Å². The molecule has 0 bridgehead atoms. The minimum Gasteiger partial charge on any atom is -0.348 e. The minimum atomic E-state index is -4.56. The molecule has 0 radical (unpaired) electrons. The molecule has 0 saturated heterocycles. The fourth-order valence-corrected chi connectivity index (χ4v) is 5.53. The summed E-state index contributed by atoms with van der Waals surface area (Å²) in [4.78, 5) is 32.4. The molecule has 2 aliphatic rings. The first kappa shape index (κ1) is 28.6. The van der Waals surface area contributed by atoms with E-state index in [0.29, 0.717) is 37.3 Å². The van der Waals surface area contributed by atoms with Gasteiger partial charge in [-0.25, -0.2) is 4.39 Å². The van der Waals surface area contributed by atoms with Gasteiger partial charge in [-0.05, 0) is 66.8 Å². The maximum absolute atomic E-state index is 14.9. The second-order valence-electron chi connectivity index (χ2n) is 11.5. The molecular formula is C30H34F4N3O2+. The average molecular weight is 545 g/mol. The van der Waals surface area contributed by atoms with Gasteiger partial charge in [0.1, 0.15) is 23.6 Å². The second kappa shape index (κ2) is 10.7. The van der Waals surface area contributed by atoms with E-state index >= 15 is 0 Å². The van der Waals surface area contributed by atoms with Crippen LogP contribution in [-0.2, 0) is 17.5 Å². The van der Waals surface area contributed by atoms with Crippen molar-refractivity contribution in [2.24, 2.45) is 16.3 Å². The van der Waals surface area contributed by atoms with Crippen LogP contribution in [0.2, 0.25) is 0 Å². The number of nitrogens with zero attached hydrogens (tertiary/aromatic N) is 2. The van der Waals surface area contributed by atoms with E-state index < -0.39 is 35.0 Å². The topological polar surface area (TPSA) is 61.8 Å². The predicted molar refractivity (Wildman–Crippen MR) is 141 cm³/mol. The Balaban J connectivity index is 1.67. The largest absolute Gasteiger partial charge is 0.416 e. The summed E-state index contributed by atoms with van der Waals surface area (Å²) in [5, 5.41) is 2.59. The number of nitrogens with one attached hydrogen (secondary N) is 1. The van der Waals surface area contributed by atoms with Gasteiger partial charge < -0.3 is 10.2 Å². The Kier molecular flexibility index (Phi) is 7.83. The van der Waals surface area contributed by atoms with Crippen molar-refractivity contribution in [2.75, 3.05) is 6.54 Å². The van der Waals surface area contributed by atoms with E-state index in [1.165, 1.54) is 24.3 Å². The van der Waals surface area contributed by atoms with Gasteiger partial charge in [0.2, 0.25) is 0 Å². The summed E-state index contributed by atoms with van der Waals surface area (Å²) in [7, 11) is 0. The van der Waals surface area contributed by atoms with Crippen molar-refractivity contribution in [3.05, 3.63) is 77.5 Å². The zero-order chi connectivity index (χ0) is 28.6. The number of hydrogen-bond acceptors (Lipinski definition) is 3.